The summed E-state index contributed by atoms with van der Waals surface area (Å²) in [6.45, 7) is 0. The van der Waals surface area contributed by atoms with E-state index in [1.165, 1.54) is 5.39 Å². The maximum atomic E-state index is 4.96. The first kappa shape index (κ1) is 14.3. The first-order valence-electron chi connectivity index (χ1n) is 8.01. The van der Waals surface area contributed by atoms with E-state index in [0.717, 1.165) is 22.4 Å². The van der Waals surface area contributed by atoms with E-state index in [9.17, 15) is 0 Å². The van der Waals surface area contributed by atoms with Crippen molar-refractivity contribution < 1.29 is 0 Å². The fraction of sp³-hybridized carbons (Fsp3) is 0. The fourth-order valence-corrected chi connectivity index (χ4v) is 2.81. The second-order valence-electron chi connectivity index (χ2n) is 5.58. The molecule has 0 aliphatic heterocycles. The van der Waals surface area contributed by atoms with Crippen LogP contribution in [0.25, 0.3) is 10.8 Å². The van der Waals surface area contributed by atoms with Crippen molar-refractivity contribution in [2.45, 2.75) is 0 Å². The van der Waals surface area contributed by atoms with E-state index in [1.807, 2.05) is 41.4 Å². The fourth-order valence-electron chi connectivity index (χ4n) is 2.81. The summed E-state index contributed by atoms with van der Waals surface area (Å²) in [5, 5.41) is 4.33. The summed E-state index contributed by atoms with van der Waals surface area (Å²) in [7, 11) is 0. The number of anilines is 2. The molecular formula is C22H17N2. The van der Waals surface area contributed by atoms with Crippen LogP contribution in [0.5, 0.6) is 0 Å². The number of nitrogens with zero attached hydrogens (tertiary/aromatic N) is 2. The molecule has 2 heteroatoms. The topological polar surface area (TPSA) is 17.3 Å². The Morgan fingerprint density at radius 3 is 1.71 bits per heavy atom. The standard InChI is InChI=1S/C22H17N2/c1-3-12-19(13-4-1)24(20-14-5-2-6-15-20)23-22-17-9-11-18-10-7-8-16-21(18)22/h1-17H. The number of fused-ring (bicyclic) bond motifs is 1. The molecule has 1 radical (unpaired) electrons. The quantitative estimate of drug-likeness (QED) is 0.434. The largest absolute Gasteiger partial charge is 0.233 e. The smallest absolute Gasteiger partial charge is 0.0918 e. The first-order chi connectivity index (χ1) is 11.9. The van der Waals surface area contributed by atoms with E-state index >= 15 is 0 Å². The summed E-state index contributed by atoms with van der Waals surface area (Å²) in [5.41, 5.74) is 8.00. The third-order valence-electron chi connectivity index (χ3n) is 3.98. The van der Waals surface area contributed by atoms with Gasteiger partial charge in [-0.3, -0.25) is 0 Å². The summed E-state index contributed by atoms with van der Waals surface area (Å²) in [6, 6.07) is 35.0. The highest BCUT2D eigenvalue weighted by Gasteiger charge is 2.12. The number of rotatable bonds is 4. The monoisotopic (exact) mass is 309 g/mol. The van der Waals surface area contributed by atoms with E-state index in [2.05, 4.69) is 66.7 Å². The Balaban J connectivity index is 1.80. The van der Waals surface area contributed by atoms with Crippen molar-refractivity contribution in [2.24, 2.45) is 0 Å². The van der Waals surface area contributed by atoms with Crippen molar-refractivity contribution in [2.75, 3.05) is 5.01 Å². The van der Waals surface area contributed by atoms with Crippen molar-refractivity contribution in [1.29, 1.82) is 0 Å². The first-order valence-corrected chi connectivity index (χ1v) is 8.01. The molecule has 4 rings (SSSR count). The van der Waals surface area contributed by atoms with Crippen LogP contribution in [0.3, 0.4) is 0 Å². The summed E-state index contributed by atoms with van der Waals surface area (Å²) in [5.74, 6) is 0. The Morgan fingerprint density at radius 2 is 1.04 bits per heavy atom. The highest BCUT2D eigenvalue weighted by atomic mass is 15.5. The molecule has 4 aromatic carbocycles. The molecule has 0 spiro atoms. The Labute approximate surface area is 142 Å². The summed E-state index contributed by atoms with van der Waals surface area (Å²) < 4.78 is 0. The van der Waals surface area contributed by atoms with Crippen LogP contribution in [0.15, 0.2) is 103 Å². The number of para-hydroxylation sites is 2. The van der Waals surface area contributed by atoms with Gasteiger partial charge in [0.25, 0.3) is 0 Å². The van der Waals surface area contributed by atoms with E-state index in [-0.39, 0.29) is 0 Å². The van der Waals surface area contributed by atoms with Crippen LogP contribution in [-0.4, -0.2) is 0 Å². The maximum Gasteiger partial charge on any atom is 0.0918 e. The highest BCUT2D eigenvalue weighted by molar-refractivity contribution is 5.92. The Kier molecular flexibility index (Phi) is 3.86. The molecule has 0 amide bonds. The van der Waals surface area contributed by atoms with Gasteiger partial charge in [0.15, 0.2) is 0 Å². The zero-order valence-corrected chi connectivity index (χ0v) is 13.2. The summed E-state index contributed by atoms with van der Waals surface area (Å²) >= 11 is 0. The Morgan fingerprint density at radius 1 is 0.500 bits per heavy atom. The van der Waals surface area contributed by atoms with Crippen LogP contribution in [-0.2, 0) is 0 Å². The highest BCUT2D eigenvalue weighted by Crippen LogP contribution is 2.29. The van der Waals surface area contributed by atoms with Crippen molar-refractivity contribution in [3.05, 3.63) is 103 Å². The van der Waals surface area contributed by atoms with Crippen molar-refractivity contribution in [1.82, 2.24) is 5.43 Å². The zero-order valence-electron chi connectivity index (χ0n) is 13.2. The van der Waals surface area contributed by atoms with Gasteiger partial charge in [0.05, 0.1) is 17.1 Å². The van der Waals surface area contributed by atoms with Gasteiger partial charge in [0, 0.05) is 5.39 Å². The number of benzene rings is 4. The van der Waals surface area contributed by atoms with E-state index in [0.29, 0.717) is 0 Å². The third-order valence-corrected chi connectivity index (χ3v) is 3.98. The summed E-state index contributed by atoms with van der Waals surface area (Å²) in [4.78, 5) is 0. The van der Waals surface area contributed by atoms with Gasteiger partial charge < -0.3 is 0 Å². The molecule has 0 atom stereocenters. The van der Waals surface area contributed by atoms with E-state index in [1.54, 1.807) is 0 Å². The zero-order chi connectivity index (χ0) is 16.2. The lowest BCUT2D eigenvalue weighted by Crippen LogP contribution is -2.23. The van der Waals surface area contributed by atoms with Gasteiger partial charge in [0.1, 0.15) is 0 Å². The van der Waals surface area contributed by atoms with Gasteiger partial charge in [0.2, 0.25) is 0 Å². The second kappa shape index (κ2) is 6.47. The van der Waals surface area contributed by atoms with Crippen LogP contribution in [0, 0.1) is 0 Å². The van der Waals surface area contributed by atoms with Gasteiger partial charge in [-0.25, -0.2) is 5.01 Å². The van der Waals surface area contributed by atoms with Crippen LogP contribution in [0.4, 0.5) is 17.1 Å². The van der Waals surface area contributed by atoms with Gasteiger partial charge in [-0.1, -0.05) is 72.8 Å². The lowest BCUT2D eigenvalue weighted by molar-refractivity contribution is 0.886. The molecule has 0 unspecified atom stereocenters. The predicted octanol–water partition coefficient (Wildman–Crippen LogP) is 5.83. The normalized spacial score (nSPS) is 10.5. The van der Waals surface area contributed by atoms with E-state index in [4.69, 9.17) is 5.43 Å². The van der Waals surface area contributed by atoms with Gasteiger partial charge >= 0.3 is 0 Å². The maximum absolute atomic E-state index is 4.96. The molecule has 115 valence electrons. The molecule has 2 nitrogen and oxygen atoms in total. The molecule has 24 heavy (non-hydrogen) atoms. The van der Waals surface area contributed by atoms with Crippen molar-refractivity contribution in [3.8, 4) is 0 Å². The average Bonchev–Trinajstić information content (AvgIpc) is 2.67. The molecule has 0 N–H and O–H groups in total. The molecule has 0 aliphatic rings. The Hall–Kier alpha value is -3.26. The third kappa shape index (κ3) is 2.82. The molecule has 0 fully saturated rings. The number of hydrogen-bond donors (Lipinski definition) is 0. The van der Waals surface area contributed by atoms with Gasteiger partial charge in [-0.05, 0) is 35.7 Å². The second-order valence-corrected chi connectivity index (χ2v) is 5.58. The molecule has 0 aromatic heterocycles. The lowest BCUT2D eigenvalue weighted by Gasteiger charge is -2.24. The van der Waals surface area contributed by atoms with Gasteiger partial charge in [-0.15, -0.1) is 0 Å². The summed E-state index contributed by atoms with van der Waals surface area (Å²) in [6.07, 6.45) is 0. The minimum absolute atomic E-state index is 0.959. The van der Waals surface area contributed by atoms with Crippen molar-refractivity contribution in [3.63, 3.8) is 0 Å². The van der Waals surface area contributed by atoms with Crippen molar-refractivity contribution >= 4 is 27.8 Å². The molecular weight excluding hydrogens is 292 g/mol. The molecule has 4 aromatic rings. The Bertz CT molecular complexity index is 889. The SMILES string of the molecule is c1ccc(N([N]c2cccc3ccccc23)c2ccccc2)cc1. The molecule has 0 aliphatic carbocycles. The minimum Gasteiger partial charge on any atom is -0.233 e. The molecule has 0 saturated heterocycles. The van der Waals surface area contributed by atoms with Crippen LogP contribution in [0.2, 0.25) is 0 Å². The van der Waals surface area contributed by atoms with Crippen LogP contribution in [0.1, 0.15) is 0 Å². The molecule has 0 heterocycles. The number of hydrogen-bond acceptors (Lipinski definition) is 1. The molecule has 0 saturated carbocycles. The predicted molar refractivity (Wildman–Crippen MR) is 101 cm³/mol. The lowest BCUT2D eigenvalue weighted by atomic mass is 10.1. The van der Waals surface area contributed by atoms with Gasteiger partial charge in [-0.2, -0.15) is 5.43 Å². The van der Waals surface area contributed by atoms with E-state index < -0.39 is 0 Å². The minimum atomic E-state index is 0.959. The van der Waals surface area contributed by atoms with Crippen LogP contribution < -0.4 is 10.4 Å². The molecule has 0 bridgehead atoms. The average molecular weight is 309 g/mol. The van der Waals surface area contributed by atoms with Crippen LogP contribution >= 0.6 is 0 Å².